The Morgan fingerprint density at radius 3 is 2.42 bits per heavy atom. The first-order valence-electron chi connectivity index (χ1n) is 12.2. The molecule has 0 radical (unpaired) electrons. The van der Waals surface area contributed by atoms with Crippen molar-refractivity contribution in [2.45, 2.75) is 13.5 Å². The monoisotopic (exact) mass is 484 g/mol. The molecule has 1 aliphatic heterocycles. The van der Waals surface area contributed by atoms with E-state index in [0.717, 1.165) is 35.1 Å². The van der Waals surface area contributed by atoms with Gasteiger partial charge in [-0.15, -0.1) is 11.3 Å². The fraction of sp³-hybridized carbons (Fsp3) is 0.0968. The first-order chi connectivity index (χ1) is 17.7. The summed E-state index contributed by atoms with van der Waals surface area (Å²) in [5, 5.41) is 2.47. The predicted octanol–water partition coefficient (Wildman–Crippen LogP) is 7.94. The van der Waals surface area contributed by atoms with E-state index in [1.807, 2.05) is 6.92 Å². The van der Waals surface area contributed by atoms with Crippen molar-refractivity contribution in [3.05, 3.63) is 115 Å². The first kappa shape index (κ1) is 21.1. The van der Waals surface area contributed by atoms with Crippen LogP contribution >= 0.6 is 11.3 Å². The van der Waals surface area contributed by atoms with Crippen molar-refractivity contribution in [3.63, 3.8) is 0 Å². The fourth-order valence-electron chi connectivity index (χ4n) is 5.13. The van der Waals surface area contributed by atoms with E-state index < -0.39 is 0 Å². The van der Waals surface area contributed by atoms with Gasteiger partial charge in [-0.1, -0.05) is 54.6 Å². The number of aryl methyl sites for hydroxylation is 1. The molecule has 5 heteroatoms. The molecule has 4 nitrogen and oxygen atoms in total. The molecule has 0 atom stereocenters. The predicted molar refractivity (Wildman–Crippen MR) is 151 cm³/mol. The number of nitrogens with zero attached hydrogens (tertiary/aromatic N) is 4. The molecule has 0 saturated heterocycles. The summed E-state index contributed by atoms with van der Waals surface area (Å²) in [6.07, 6.45) is 0. The van der Waals surface area contributed by atoms with Crippen LogP contribution in [-0.4, -0.2) is 16.6 Å². The summed E-state index contributed by atoms with van der Waals surface area (Å²) in [7, 11) is 0. The molecular weight excluding hydrogens is 460 g/mol. The van der Waals surface area contributed by atoms with Gasteiger partial charge in [0, 0.05) is 32.4 Å². The van der Waals surface area contributed by atoms with Crippen LogP contribution in [0.15, 0.2) is 103 Å². The van der Waals surface area contributed by atoms with E-state index >= 15 is 0 Å². The topological polar surface area (TPSA) is 32.3 Å². The summed E-state index contributed by atoms with van der Waals surface area (Å²) in [6, 6.07) is 36.4. The lowest BCUT2D eigenvalue weighted by molar-refractivity contribution is 0.813. The zero-order chi connectivity index (χ0) is 24.1. The molecule has 0 N–H and O–H groups in total. The van der Waals surface area contributed by atoms with Crippen molar-refractivity contribution in [1.82, 2.24) is 9.97 Å². The van der Waals surface area contributed by atoms with Crippen LogP contribution in [0, 0.1) is 6.92 Å². The molecule has 36 heavy (non-hydrogen) atoms. The van der Waals surface area contributed by atoms with E-state index in [4.69, 9.17) is 9.97 Å². The maximum Gasteiger partial charge on any atom is 0.124 e. The highest BCUT2D eigenvalue weighted by Gasteiger charge is 2.26. The first-order valence-corrected chi connectivity index (χ1v) is 13.0. The van der Waals surface area contributed by atoms with Gasteiger partial charge in [0.2, 0.25) is 0 Å². The number of aromatic nitrogens is 2. The standard InChI is InChI=1S/C31H24N4S/c1-21-17-18-25-24-12-8-13-26(30(24)36-31(25)32-21)27-14-7-9-22(33-27)19-34-20-35(23-10-3-2-4-11-23)29-16-6-5-15-28(29)34/h2-18H,19-20H2,1H3. The van der Waals surface area contributed by atoms with Gasteiger partial charge in [0.1, 0.15) is 4.83 Å². The summed E-state index contributed by atoms with van der Waals surface area (Å²) >= 11 is 1.76. The number of pyridine rings is 2. The molecular formula is C31H24N4S. The lowest BCUT2D eigenvalue weighted by Crippen LogP contribution is -2.27. The Bertz CT molecular complexity index is 1720. The molecule has 4 heterocycles. The second-order valence-corrected chi connectivity index (χ2v) is 10.2. The number of anilines is 3. The van der Waals surface area contributed by atoms with Gasteiger partial charge in [0.25, 0.3) is 0 Å². The van der Waals surface area contributed by atoms with Crippen LogP contribution in [0.2, 0.25) is 0 Å². The van der Waals surface area contributed by atoms with E-state index in [1.165, 1.54) is 38.1 Å². The summed E-state index contributed by atoms with van der Waals surface area (Å²) < 4.78 is 1.25. The third-order valence-electron chi connectivity index (χ3n) is 6.83. The van der Waals surface area contributed by atoms with Gasteiger partial charge in [0.15, 0.2) is 0 Å². The third-order valence-corrected chi connectivity index (χ3v) is 7.98. The summed E-state index contributed by atoms with van der Waals surface area (Å²) in [6.45, 7) is 3.59. The smallest absolute Gasteiger partial charge is 0.124 e. The zero-order valence-corrected chi connectivity index (χ0v) is 20.7. The number of rotatable bonds is 4. The largest absolute Gasteiger partial charge is 0.346 e. The number of hydrogen-bond donors (Lipinski definition) is 0. The van der Waals surface area contributed by atoms with Gasteiger partial charge in [-0.05, 0) is 55.5 Å². The second-order valence-electron chi connectivity index (χ2n) is 9.20. The van der Waals surface area contributed by atoms with Gasteiger partial charge in [-0.25, -0.2) is 4.98 Å². The summed E-state index contributed by atoms with van der Waals surface area (Å²) in [5.74, 6) is 0. The Morgan fingerprint density at radius 1 is 0.722 bits per heavy atom. The molecule has 7 rings (SSSR count). The van der Waals surface area contributed by atoms with E-state index in [1.54, 1.807) is 11.3 Å². The van der Waals surface area contributed by atoms with Crippen molar-refractivity contribution in [3.8, 4) is 11.3 Å². The average Bonchev–Trinajstić information content (AvgIpc) is 3.47. The third kappa shape index (κ3) is 3.51. The molecule has 1 aliphatic rings. The Labute approximate surface area is 214 Å². The molecule has 0 fully saturated rings. The van der Waals surface area contributed by atoms with E-state index in [2.05, 4.69) is 113 Å². The lowest BCUT2D eigenvalue weighted by atomic mass is 10.1. The highest BCUT2D eigenvalue weighted by atomic mass is 32.1. The zero-order valence-electron chi connectivity index (χ0n) is 19.9. The molecule has 0 unspecified atom stereocenters. The maximum absolute atomic E-state index is 5.14. The van der Waals surface area contributed by atoms with E-state index in [9.17, 15) is 0 Å². The van der Waals surface area contributed by atoms with Crippen LogP contribution < -0.4 is 9.80 Å². The highest BCUT2D eigenvalue weighted by Crippen LogP contribution is 2.41. The molecule has 0 amide bonds. The van der Waals surface area contributed by atoms with Crippen molar-refractivity contribution in [1.29, 1.82) is 0 Å². The van der Waals surface area contributed by atoms with Crippen molar-refractivity contribution >= 4 is 48.7 Å². The minimum Gasteiger partial charge on any atom is -0.346 e. The molecule has 6 aromatic rings. The second kappa shape index (κ2) is 8.47. The van der Waals surface area contributed by atoms with Gasteiger partial charge in [-0.3, -0.25) is 4.98 Å². The number of thiophene rings is 1. The highest BCUT2D eigenvalue weighted by molar-refractivity contribution is 7.26. The lowest BCUT2D eigenvalue weighted by Gasteiger charge is -2.22. The number of benzene rings is 3. The van der Waals surface area contributed by atoms with Gasteiger partial charge < -0.3 is 9.80 Å². The van der Waals surface area contributed by atoms with Crippen LogP contribution in [0.3, 0.4) is 0 Å². The average molecular weight is 485 g/mol. The van der Waals surface area contributed by atoms with Crippen LogP contribution in [0.25, 0.3) is 31.6 Å². The maximum atomic E-state index is 5.14. The number of hydrogen-bond acceptors (Lipinski definition) is 5. The van der Waals surface area contributed by atoms with Crippen molar-refractivity contribution in [2.24, 2.45) is 0 Å². The van der Waals surface area contributed by atoms with Crippen LogP contribution in [0.5, 0.6) is 0 Å². The summed E-state index contributed by atoms with van der Waals surface area (Å²) in [5.41, 5.74) is 7.96. The normalized spacial score (nSPS) is 13.0. The summed E-state index contributed by atoms with van der Waals surface area (Å²) in [4.78, 5) is 15.8. The van der Waals surface area contributed by atoms with Crippen molar-refractivity contribution in [2.75, 3.05) is 16.5 Å². The molecule has 0 saturated carbocycles. The van der Waals surface area contributed by atoms with Crippen molar-refractivity contribution < 1.29 is 0 Å². The Morgan fingerprint density at radius 2 is 1.53 bits per heavy atom. The van der Waals surface area contributed by atoms with Crippen LogP contribution in [0.1, 0.15) is 11.4 Å². The molecule has 3 aromatic heterocycles. The molecule has 3 aromatic carbocycles. The van der Waals surface area contributed by atoms with Crippen LogP contribution in [0.4, 0.5) is 17.1 Å². The van der Waals surface area contributed by atoms with E-state index in [0.29, 0.717) is 0 Å². The number of para-hydroxylation sites is 3. The number of fused-ring (bicyclic) bond motifs is 4. The Hall–Kier alpha value is -4.22. The molecule has 0 spiro atoms. The van der Waals surface area contributed by atoms with Gasteiger partial charge in [0.05, 0.1) is 36.0 Å². The minimum atomic E-state index is 0.747. The molecule has 0 aliphatic carbocycles. The van der Waals surface area contributed by atoms with E-state index in [-0.39, 0.29) is 0 Å². The quantitative estimate of drug-likeness (QED) is 0.254. The van der Waals surface area contributed by atoms with Crippen LogP contribution in [-0.2, 0) is 6.54 Å². The van der Waals surface area contributed by atoms with Gasteiger partial charge >= 0.3 is 0 Å². The SMILES string of the molecule is Cc1ccc2c(n1)sc1c(-c3cccc(CN4CN(c5ccccc5)c5ccccc54)n3)cccc12. The molecule has 174 valence electrons. The molecule has 0 bridgehead atoms. The minimum absolute atomic E-state index is 0.747. The fourth-order valence-corrected chi connectivity index (χ4v) is 6.37. The Balaban J connectivity index is 1.25. The van der Waals surface area contributed by atoms with Gasteiger partial charge in [-0.2, -0.15) is 0 Å². The Kier molecular flexibility index (Phi) is 4.96.